The second-order valence-electron chi connectivity index (χ2n) is 3.80. The Balaban J connectivity index is 2.49. The smallest absolute Gasteiger partial charge is 0.197 e. The summed E-state index contributed by atoms with van der Waals surface area (Å²) in [6.07, 6.45) is 0. The van der Waals surface area contributed by atoms with Crippen LogP contribution in [0.3, 0.4) is 0 Å². The van der Waals surface area contributed by atoms with Crippen LogP contribution in [0.25, 0.3) is 0 Å². The van der Waals surface area contributed by atoms with Crippen molar-refractivity contribution in [1.82, 2.24) is 0 Å². The molecule has 0 N–H and O–H groups in total. The molecule has 0 spiro atoms. The van der Waals surface area contributed by atoms with E-state index in [9.17, 15) is 9.18 Å². The number of hydrogen-bond donors (Lipinski definition) is 0. The van der Waals surface area contributed by atoms with Gasteiger partial charge in [-0.25, -0.2) is 4.39 Å². The Hall–Kier alpha value is -1.39. The summed E-state index contributed by atoms with van der Waals surface area (Å²) in [6.45, 7) is 0. The predicted octanol–water partition coefficient (Wildman–Crippen LogP) is 4.48. The zero-order valence-corrected chi connectivity index (χ0v) is 12.3. The summed E-state index contributed by atoms with van der Waals surface area (Å²) in [5.74, 6) is -0.548. The number of halogens is 3. The summed E-state index contributed by atoms with van der Waals surface area (Å²) in [4.78, 5) is 12.3. The van der Waals surface area contributed by atoms with Crippen molar-refractivity contribution in [2.45, 2.75) is 0 Å². The molecule has 2 aromatic carbocycles. The molecule has 0 bridgehead atoms. The van der Waals surface area contributed by atoms with Crippen LogP contribution < -0.4 is 4.74 Å². The number of methoxy groups -OCH3 is 1. The highest BCUT2D eigenvalue weighted by Gasteiger charge is 2.17. The molecule has 0 aliphatic carbocycles. The van der Waals surface area contributed by atoms with Gasteiger partial charge in [-0.3, -0.25) is 4.79 Å². The van der Waals surface area contributed by atoms with Crippen molar-refractivity contribution in [3.8, 4) is 5.75 Å². The van der Waals surface area contributed by atoms with Crippen LogP contribution >= 0.6 is 27.5 Å². The normalized spacial score (nSPS) is 10.3. The average molecular weight is 344 g/mol. The molecule has 0 radical (unpaired) electrons. The quantitative estimate of drug-likeness (QED) is 0.768. The molecule has 0 amide bonds. The second kappa shape index (κ2) is 5.72. The fraction of sp³-hybridized carbons (Fsp3) is 0.0714. The molecule has 0 saturated carbocycles. The molecule has 0 fully saturated rings. The monoisotopic (exact) mass is 342 g/mol. The van der Waals surface area contributed by atoms with Gasteiger partial charge in [0, 0.05) is 15.1 Å². The van der Waals surface area contributed by atoms with E-state index in [2.05, 4.69) is 15.9 Å². The SMILES string of the molecule is COc1ccc(Br)c(C(=O)c2ccc(Cl)cc2F)c1. The fourth-order valence-corrected chi connectivity index (χ4v) is 2.21. The van der Waals surface area contributed by atoms with E-state index in [4.69, 9.17) is 16.3 Å². The number of hydrogen-bond acceptors (Lipinski definition) is 2. The van der Waals surface area contributed by atoms with Gasteiger partial charge in [-0.15, -0.1) is 0 Å². The maximum absolute atomic E-state index is 13.7. The lowest BCUT2D eigenvalue weighted by atomic mass is 10.0. The molecule has 2 nitrogen and oxygen atoms in total. The molecule has 0 unspecified atom stereocenters. The first-order valence-corrected chi connectivity index (χ1v) is 6.53. The molecule has 0 aromatic heterocycles. The van der Waals surface area contributed by atoms with E-state index in [1.165, 1.54) is 19.2 Å². The molecule has 2 aromatic rings. The Labute approximate surface area is 123 Å². The summed E-state index contributed by atoms with van der Waals surface area (Å²) in [5.41, 5.74) is 0.305. The van der Waals surface area contributed by atoms with Crippen molar-refractivity contribution in [2.24, 2.45) is 0 Å². The van der Waals surface area contributed by atoms with Gasteiger partial charge in [-0.1, -0.05) is 27.5 Å². The zero-order chi connectivity index (χ0) is 14.0. The van der Waals surface area contributed by atoms with Crippen molar-refractivity contribution in [3.63, 3.8) is 0 Å². The van der Waals surface area contributed by atoms with Gasteiger partial charge in [0.2, 0.25) is 0 Å². The summed E-state index contributed by atoms with van der Waals surface area (Å²) in [6, 6.07) is 8.90. The van der Waals surface area contributed by atoms with Gasteiger partial charge in [-0.2, -0.15) is 0 Å². The molecule has 0 aliphatic heterocycles. The molecular formula is C14H9BrClFO2. The van der Waals surface area contributed by atoms with E-state index in [0.717, 1.165) is 6.07 Å². The largest absolute Gasteiger partial charge is 0.497 e. The van der Waals surface area contributed by atoms with E-state index in [1.807, 2.05) is 0 Å². The average Bonchev–Trinajstić information content (AvgIpc) is 2.38. The third-order valence-electron chi connectivity index (χ3n) is 2.59. The molecule has 2 rings (SSSR count). The van der Waals surface area contributed by atoms with Crippen molar-refractivity contribution >= 4 is 33.3 Å². The van der Waals surface area contributed by atoms with Crippen molar-refractivity contribution < 1.29 is 13.9 Å². The van der Waals surface area contributed by atoms with E-state index >= 15 is 0 Å². The minimum Gasteiger partial charge on any atom is -0.497 e. The Bertz CT molecular complexity index is 643. The van der Waals surface area contributed by atoms with Crippen LogP contribution in [0.15, 0.2) is 40.9 Å². The standard InChI is InChI=1S/C14H9BrClFO2/c1-19-9-3-5-12(15)11(7-9)14(18)10-4-2-8(16)6-13(10)17/h2-7H,1H3. The summed E-state index contributed by atoms with van der Waals surface area (Å²) in [7, 11) is 1.50. The van der Waals surface area contributed by atoms with Gasteiger partial charge in [0.15, 0.2) is 5.78 Å². The lowest BCUT2D eigenvalue weighted by Gasteiger charge is -2.07. The predicted molar refractivity (Wildman–Crippen MR) is 75.5 cm³/mol. The lowest BCUT2D eigenvalue weighted by molar-refractivity contribution is 0.103. The Morgan fingerprint density at radius 2 is 1.95 bits per heavy atom. The van der Waals surface area contributed by atoms with E-state index in [-0.39, 0.29) is 10.6 Å². The Morgan fingerprint density at radius 3 is 2.58 bits per heavy atom. The number of benzene rings is 2. The van der Waals surface area contributed by atoms with Crippen LogP contribution in [-0.2, 0) is 0 Å². The summed E-state index contributed by atoms with van der Waals surface area (Å²) >= 11 is 8.94. The third-order valence-corrected chi connectivity index (χ3v) is 3.52. The molecule has 5 heteroatoms. The first-order chi connectivity index (χ1) is 9.02. The molecule has 0 aliphatic rings. The zero-order valence-electron chi connectivity index (χ0n) is 9.91. The highest BCUT2D eigenvalue weighted by atomic mass is 79.9. The van der Waals surface area contributed by atoms with Gasteiger partial charge in [0.1, 0.15) is 11.6 Å². The van der Waals surface area contributed by atoms with Crippen LogP contribution in [0, 0.1) is 5.82 Å². The van der Waals surface area contributed by atoms with Crippen LogP contribution in [0.5, 0.6) is 5.75 Å². The third kappa shape index (κ3) is 2.96. The second-order valence-corrected chi connectivity index (χ2v) is 5.09. The van der Waals surface area contributed by atoms with Crippen molar-refractivity contribution in [3.05, 3.63) is 62.8 Å². The van der Waals surface area contributed by atoms with E-state index in [1.54, 1.807) is 18.2 Å². The maximum Gasteiger partial charge on any atom is 0.197 e. The first-order valence-electron chi connectivity index (χ1n) is 5.36. The Morgan fingerprint density at radius 1 is 1.21 bits per heavy atom. The first kappa shape index (κ1) is 14.0. The lowest BCUT2D eigenvalue weighted by Crippen LogP contribution is -2.05. The molecule has 19 heavy (non-hydrogen) atoms. The van der Waals surface area contributed by atoms with Crippen molar-refractivity contribution in [1.29, 1.82) is 0 Å². The number of rotatable bonds is 3. The van der Waals surface area contributed by atoms with Crippen LogP contribution in [0.4, 0.5) is 4.39 Å². The van der Waals surface area contributed by atoms with Gasteiger partial charge in [0.05, 0.1) is 12.7 Å². The van der Waals surface area contributed by atoms with Crippen LogP contribution in [-0.4, -0.2) is 12.9 Å². The van der Waals surface area contributed by atoms with Crippen molar-refractivity contribution in [2.75, 3.05) is 7.11 Å². The number of carbonyl (C=O) groups excluding carboxylic acids is 1. The van der Waals surface area contributed by atoms with Gasteiger partial charge in [0.25, 0.3) is 0 Å². The topological polar surface area (TPSA) is 26.3 Å². The van der Waals surface area contributed by atoms with Crippen LogP contribution in [0.2, 0.25) is 5.02 Å². The van der Waals surface area contributed by atoms with Gasteiger partial charge >= 0.3 is 0 Å². The maximum atomic E-state index is 13.7. The molecule has 0 heterocycles. The number of ether oxygens (including phenoxy) is 1. The highest BCUT2D eigenvalue weighted by molar-refractivity contribution is 9.10. The van der Waals surface area contributed by atoms with Gasteiger partial charge < -0.3 is 4.74 Å². The molecule has 0 atom stereocenters. The number of carbonyl (C=O) groups is 1. The number of ketones is 1. The highest BCUT2D eigenvalue weighted by Crippen LogP contribution is 2.26. The van der Waals surface area contributed by atoms with Gasteiger partial charge in [-0.05, 0) is 36.4 Å². The Kier molecular flexibility index (Phi) is 4.22. The molecular weight excluding hydrogens is 335 g/mol. The van der Waals surface area contributed by atoms with Crippen LogP contribution in [0.1, 0.15) is 15.9 Å². The molecule has 0 saturated heterocycles. The summed E-state index contributed by atoms with van der Waals surface area (Å²) in [5, 5.41) is 0.249. The molecule has 98 valence electrons. The minimum atomic E-state index is -0.646. The van der Waals surface area contributed by atoms with E-state index < -0.39 is 11.6 Å². The minimum absolute atomic E-state index is 0.0293. The fourth-order valence-electron chi connectivity index (χ4n) is 1.62. The summed E-state index contributed by atoms with van der Waals surface area (Å²) < 4.78 is 19.4. The van der Waals surface area contributed by atoms with E-state index in [0.29, 0.717) is 15.8 Å².